The molecule has 15 heavy (non-hydrogen) atoms. The summed E-state index contributed by atoms with van der Waals surface area (Å²) in [6.07, 6.45) is 0.0546. The molecule has 1 heterocycles. The minimum Gasteiger partial charge on any atom is -0.478 e. The van der Waals surface area contributed by atoms with E-state index in [1.165, 1.54) is 0 Å². The van der Waals surface area contributed by atoms with Crippen LogP contribution < -0.4 is 0 Å². The second kappa shape index (κ2) is 4.44. The molecule has 1 rings (SSSR count). The van der Waals surface area contributed by atoms with Crippen LogP contribution in [-0.4, -0.2) is 34.9 Å². The van der Waals surface area contributed by atoms with E-state index in [0.717, 1.165) is 0 Å². The minimum atomic E-state index is -1.17. The van der Waals surface area contributed by atoms with Gasteiger partial charge in [-0.2, -0.15) is 0 Å². The number of carbonyl (C=O) groups is 2. The van der Waals surface area contributed by atoms with E-state index in [1.54, 1.807) is 13.8 Å². The molecule has 0 spiro atoms. The Kier molecular flexibility index (Phi) is 3.47. The second-order valence-corrected chi connectivity index (χ2v) is 3.82. The third-order valence-corrected chi connectivity index (χ3v) is 2.23. The van der Waals surface area contributed by atoms with E-state index in [4.69, 9.17) is 14.9 Å². The first-order valence-corrected chi connectivity index (χ1v) is 4.74. The molecule has 1 saturated heterocycles. The van der Waals surface area contributed by atoms with E-state index in [9.17, 15) is 9.59 Å². The van der Waals surface area contributed by atoms with Crippen molar-refractivity contribution in [1.29, 1.82) is 0 Å². The van der Waals surface area contributed by atoms with Crippen molar-refractivity contribution in [3.63, 3.8) is 0 Å². The molecule has 5 heteroatoms. The Morgan fingerprint density at radius 1 is 1.33 bits per heavy atom. The zero-order valence-corrected chi connectivity index (χ0v) is 8.69. The van der Waals surface area contributed by atoms with E-state index in [1.807, 2.05) is 0 Å². The SMILES string of the molecule is CC(C)/C(C(=O)O)=C(/CC1CO1)C(=O)O. The first kappa shape index (κ1) is 11.7. The fourth-order valence-corrected chi connectivity index (χ4v) is 1.45. The smallest absolute Gasteiger partial charge is 0.332 e. The molecule has 0 aromatic carbocycles. The summed E-state index contributed by atoms with van der Waals surface area (Å²) in [7, 11) is 0. The molecule has 1 aliphatic heterocycles. The zero-order chi connectivity index (χ0) is 11.6. The van der Waals surface area contributed by atoms with Crippen molar-refractivity contribution >= 4 is 11.9 Å². The summed E-state index contributed by atoms with van der Waals surface area (Å²) in [5.41, 5.74) is -0.0713. The van der Waals surface area contributed by atoms with Crippen LogP contribution in [-0.2, 0) is 14.3 Å². The predicted molar refractivity (Wildman–Crippen MR) is 51.5 cm³/mol. The predicted octanol–water partition coefficient (Wildman–Crippen LogP) is 0.897. The Morgan fingerprint density at radius 3 is 2.13 bits per heavy atom. The van der Waals surface area contributed by atoms with E-state index >= 15 is 0 Å². The van der Waals surface area contributed by atoms with E-state index in [0.29, 0.717) is 6.61 Å². The van der Waals surface area contributed by atoms with Crippen molar-refractivity contribution in [2.45, 2.75) is 26.4 Å². The van der Waals surface area contributed by atoms with Crippen molar-refractivity contribution < 1.29 is 24.5 Å². The Bertz CT molecular complexity index is 312. The van der Waals surface area contributed by atoms with Crippen LogP contribution in [0.5, 0.6) is 0 Å². The number of rotatable bonds is 5. The molecule has 2 N–H and O–H groups in total. The van der Waals surface area contributed by atoms with Crippen LogP contribution in [0.25, 0.3) is 0 Å². The Labute approximate surface area is 87.4 Å². The summed E-state index contributed by atoms with van der Waals surface area (Å²) >= 11 is 0. The van der Waals surface area contributed by atoms with Gasteiger partial charge in [-0.3, -0.25) is 0 Å². The lowest BCUT2D eigenvalue weighted by Crippen LogP contribution is -2.17. The summed E-state index contributed by atoms with van der Waals surface area (Å²) < 4.78 is 4.91. The van der Waals surface area contributed by atoms with Gasteiger partial charge in [-0.1, -0.05) is 13.8 Å². The van der Waals surface area contributed by atoms with Crippen LogP contribution in [0.4, 0.5) is 0 Å². The molecule has 1 aliphatic rings. The van der Waals surface area contributed by atoms with E-state index in [-0.39, 0.29) is 29.6 Å². The average Bonchev–Trinajstić information content (AvgIpc) is 2.84. The summed E-state index contributed by atoms with van der Waals surface area (Å²) in [4.78, 5) is 21.9. The number of ether oxygens (including phenoxy) is 1. The highest BCUT2D eigenvalue weighted by Crippen LogP contribution is 2.25. The summed E-state index contributed by atoms with van der Waals surface area (Å²) in [5.74, 6) is -2.65. The monoisotopic (exact) mass is 214 g/mol. The maximum atomic E-state index is 10.9. The Hall–Kier alpha value is -1.36. The highest BCUT2D eigenvalue weighted by Gasteiger charge is 2.30. The van der Waals surface area contributed by atoms with Crippen molar-refractivity contribution in [3.8, 4) is 0 Å². The normalized spacial score (nSPS) is 21.1. The van der Waals surface area contributed by atoms with Gasteiger partial charge in [0.05, 0.1) is 23.9 Å². The maximum absolute atomic E-state index is 10.9. The summed E-state index contributed by atoms with van der Waals surface area (Å²) in [6.45, 7) is 3.85. The molecule has 0 aromatic heterocycles. The topological polar surface area (TPSA) is 87.1 Å². The standard InChI is InChI=1S/C10H14O5/c1-5(2)8(10(13)14)7(9(11)12)3-6-4-15-6/h5-6H,3-4H2,1-2H3,(H,11,12)(H,13,14)/b8-7+. The van der Waals surface area contributed by atoms with E-state index in [2.05, 4.69) is 0 Å². The van der Waals surface area contributed by atoms with Gasteiger partial charge >= 0.3 is 11.9 Å². The highest BCUT2D eigenvalue weighted by atomic mass is 16.6. The number of carboxylic acid groups (broad SMARTS) is 2. The largest absolute Gasteiger partial charge is 0.478 e. The number of aliphatic carboxylic acids is 2. The Balaban J connectivity index is 3.01. The first-order chi connectivity index (χ1) is 6.93. The number of hydrogen-bond donors (Lipinski definition) is 2. The number of carboxylic acids is 2. The molecule has 0 amide bonds. The lowest BCUT2D eigenvalue weighted by Gasteiger charge is -2.10. The van der Waals surface area contributed by atoms with Crippen molar-refractivity contribution in [2.75, 3.05) is 6.61 Å². The molecule has 1 fully saturated rings. The van der Waals surface area contributed by atoms with Crippen LogP contribution >= 0.6 is 0 Å². The third kappa shape index (κ3) is 3.06. The van der Waals surface area contributed by atoms with Crippen LogP contribution in [0.1, 0.15) is 20.3 Å². The lowest BCUT2D eigenvalue weighted by atomic mass is 9.94. The van der Waals surface area contributed by atoms with Gasteiger partial charge < -0.3 is 14.9 Å². The molecule has 1 atom stereocenters. The minimum absolute atomic E-state index is 0.0296. The molecule has 84 valence electrons. The molecule has 1 unspecified atom stereocenters. The van der Waals surface area contributed by atoms with Gasteiger partial charge in [-0.15, -0.1) is 0 Å². The molecule has 0 bridgehead atoms. The molecule has 0 radical (unpaired) electrons. The first-order valence-electron chi connectivity index (χ1n) is 4.74. The Morgan fingerprint density at radius 2 is 1.87 bits per heavy atom. The van der Waals surface area contributed by atoms with Gasteiger partial charge in [0.1, 0.15) is 0 Å². The van der Waals surface area contributed by atoms with Gasteiger partial charge in [-0.05, 0) is 5.92 Å². The van der Waals surface area contributed by atoms with Gasteiger partial charge in [0.2, 0.25) is 0 Å². The molecule has 0 aromatic rings. The van der Waals surface area contributed by atoms with Gasteiger partial charge in [0, 0.05) is 6.42 Å². The second-order valence-electron chi connectivity index (χ2n) is 3.82. The molecule has 0 aliphatic carbocycles. The molecule has 5 nitrogen and oxygen atoms in total. The van der Waals surface area contributed by atoms with Crippen LogP contribution in [0.2, 0.25) is 0 Å². The number of hydrogen-bond acceptors (Lipinski definition) is 3. The fourth-order valence-electron chi connectivity index (χ4n) is 1.45. The van der Waals surface area contributed by atoms with Crippen LogP contribution in [0.3, 0.4) is 0 Å². The maximum Gasteiger partial charge on any atom is 0.332 e. The van der Waals surface area contributed by atoms with Crippen molar-refractivity contribution in [3.05, 3.63) is 11.1 Å². The lowest BCUT2D eigenvalue weighted by molar-refractivity contribution is -0.136. The third-order valence-electron chi connectivity index (χ3n) is 2.23. The fraction of sp³-hybridized carbons (Fsp3) is 0.600. The average molecular weight is 214 g/mol. The quantitative estimate of drug-likeness (QED) is 0.524. The van der Waals surface area contributed by atoms with Crippen molar-refractivity contribution in [2.24, 2.45) is 5.92 Å². The molecular formula is C10H14O5. The van der Waals surface area contributed by atoms with Crippen LogP contribution in [0.15, 0.2) is 11.1 Å². The summed E-state index contributed by atoms with van der Waals surface area (Å²) in [5, 5.41) is 17.9. The highest BCUT2D eigenvalue weighted by molar-refractivity contribution is 5.99. The van der Waals surface area contributed by atoms with Crippen LogP contribution in [0, 0.1) is 5.92 Å². The summed E-state index contributed by atoms with van der Waals surface area (Å²) in [6, 6.07) is 0. The van der Waals surface area contributed by atoms with E-state index < -0.39 is 11.9 Å². The van der Waals surface area contributed by atoms with Gasteiger partial charge in [0.25, 0.3) is 0 Å². The van der Waals surface area contributed by atoms with Gasteiger partial charge in [0.15, 0.2) is 0 Å². The zero-order valence-electron chi connectivity index (χ0n) is 8.69. The number of epoxide rings is 1. The molecule has 0 saturated carbocycles. The van der Waals surface area contributed by atoms with Gasteiger partial charge in [-0.25, -0.2) is 9.59 Å². The van der Waals surface area contributed by atoms with Crippen molar-refractivity contribution in [1.82, 2.24) is 0 Å². The molecular weight excluding hydrogens is 200 g/mol.